The number of carbonyl (C=O) groups is 1. The van der Waals surface area contributed by atoms with Crippen LogP contribution >= 0.6 is 34.7 Å². The molecule has 5 aromatic rings. The first-order chi connectivity index (χ1) is 16.5. The third-order valence-corrected chi connectivity index (χ3v) is 7.56. The van der Waals surface area contributed by atoms with Gasteiger partial charge in [-0.1, -0.05) is 53.2 Å². The Hall–Kier alpha value is -3.20. The molecule has 3 aromatic heterocycles. The van der Waals surface area contributed by atoms with Gasteiger partial charge in [-0.2, -0.15) is 0 Å². The Morgan fingerprint density at radius 2 is 1.88 bits per heavy atom. The number of thioether (sulfide) groups is 1. The highest BCUT2D eigenvalue weighted by Crippen LogP contribution is 2.30. The zero-order valence-corrected chi connectivity index (χ0v) is 20.5. The summed E-state index contributed by atoms with van der Waals surface area (Å²) < 4.78 is 2.21. The average molecular weight is 507 g/mol. The number of halogens is 1. The molecular weight excluding hydrogens is 488 g/mol. The van der Waals surface area contributed by atoms with Crippen LogP contribution in [0.5, 0.6) is 0 Å². The second-order valence-corrected chi connectivity index (χ2v) is 10.1. The van der Waals surface area contributed by atoms with E-state index in [1.54, 1.807) is 35.0 Å². The molecule has 0 atom stereocenters. The molecule has 0 unspecified atom stereocenters. The number of fused-ring (bicyclic) bond motifs is 3. The predicted molar refractivity (Wildman–Crippen MR) is 140 cm³/mol. The first-order valence-electron chi connectivity index (χ1n) is 10.5. The minimum absolute atomic E-state index is 0.106. The topological polar surface area (TPSA) is 76.9 Å². The van der Waals surface area contributed by atoms with Crippen molar-refractivity contribution in [2.24, 2.45) is 0 Å². The quantitative estimate of drug-likeness (QED) is 0.234. The smallest absolute Gasteiger partial charge is 0.272 e. The molecule has 0 saturated heterocycles. The summed E-state index contributed by atoms with van der Waals surface area (Å²) in [5.41, 5.74) is 3.28. The molecule has 34 heavy (non-hydrogen) atoms. The highest BCUT2D eigenvalue weighted by Gasteiger charge is 2.18. The van der Waals surface area contributed by atoms with Crippen molar-refractivity contribution in [1.82, 2.24) is 14.5 Å². The van der Waals surface area contributed by atoms with E-state index in [-0.39, 0.29) is 17.2 Å². The zero-order chi connectivity index (χ0) is 23.7. The van der Waals surface area contributed by atoms with Crippen LogP contribution in [0.25, 0.3) is 20.4 Å². The Labute approximate surface area is 208 Å². The summed E-state index contributed by atoms with van der Waals surface area (Å²) in [6, 6.07) is 18.7. The van der Waals surface area contributed by atoms with E-state index in [4.69, 9.17) is 16.6 Å². The zero-order valence-electron chi connectivity index (χ0n) is 18.1. The van der Waals surface area contributed by atoms with Gasteiger partial charge in [0.15, 0.2) is 5.16 Å². The maximum atomic E-state index is 13.5. The molecule has 1 N–H and O–H groups in total. The molecule has 0 saturated carbocycles. The number of thiophene rings is 1. The minimum atomic E-state index is -0.194. The molecule has 0 radical (unpaired) electrons. The molecule has 5 rings (SSSR count). The van der Waals surface area contributed by atoms with Crippen molar-refractivity contribution in [3.63, 3.8) is 0 Å². The highest BCUT2D eigenvalue weighted by atomic mass is 35.5. The van der Waals surface area contributed by atoms with Crippen LogP contribution in [0.4, 0.5) is 5.69 Å². The molecule has 0 fully saturated rings. The largest absolute Gasteiger partial charge is 0.325 e. The predicted octanol–water partition coefficient (Wildman–Crippen LogP) is 5.75. The van der Waals surface area contributed by atoms with Gasteiger partial charge in [0.2, 0.25) is 5.91 Å². The summed E-state index contributed by atoms with van der Waals surface area (Å²) >= 11 is 8.50. The van der Waals surface area contributed by atoms with Crippen LogP contribution < -0.4 is 10.9 Å². The van der Waals surface area contributed by atoms with E-state index in [0.29, 0.717) is 32.6 Å². The van der Waals surface area contributed by atoms with Crippen LogP contribution in [0.1, 0.15) is 11.1 Å². The normalized spacial score (nSPS) is 11.2. The lowest BCUT2D eigenvalue weighted by Gasteiger charge is -2.12. The third kappa shape index (κ3) is 4.70. The van der Waals surface area contributed by atoms with Crippen molar-refractivity contribution in [3.8, 4) is 0 Å². The number of carbonyl (C=O) groups excluding carboxylic acids is 1. The van der Waals surface area contributed by atoms with E-state index in [9.17, 15) is 9.59 Å². The van der Waals surface area contributed by atoms with Crippen LogP contribution in [0.2, 0.25) is 5.02 Å². The van der Waals surface area contributed by atoms with Gasteiger partial charge >= 0.3 is 0 Å². The van der Waals surface area contributed by atoms with Crippen molar-refractivity contribution >= 4 is 66.7 Å². The van der Waals surface area contributed by atoms with Gasteiger partial charge in [0, 0.05) is 22.3 Å². The lowest BCUT2D eigenvalue weighted by molar-refractivity contribution is -0.113. The van der Waals surface area contributed by atoms with E-state index >= 15 is 0 Å². The van der Waals surface area contributed by atoms with Gasteiger partial charge in [-0.3, -0.25) is 14.2 Å². The summed E-state index contributed by atoms with van der Waals surface area (Å²) in [5, 5.41) is 4.78. The molecule has 0 aliphatic heterocycles. The van der Waals surface area contributed by atoms with Gasteiger partial charge in [0.05, 0.1) is 17.8 Å². The van der Waals surface area contributed by atoms with Crippen molar-refractivity contribution < 1.29 is 4.79 Å². The van der Waals surface area contributed by atoms with E-state index in [0.717, 1.165) is 21.3 Å². The Kier molecular flexibility index (Phi) is 6.36. The number of aryl methyl sites for hydroxylation is 1. The Balaban J connectivity index is 1.50. The number of aromatic nitrogens is 3. The fraction of sp³-hybridized carbons (Fsp3) is 0.120. The number of hydrogen-bond donors (Lipinski definition) is 1. The summed E-state index contributed by atoms with van der Waals surface area (Å²) in [6.07, 6.45) is 1.71. The summed E-state index contributed by atoms with van der Waals surface area (Å²) in [7, 11) is 0. The number of amides is 1. The summed E-state index contributed by atoms with van der Waals surface area (Å²) in [5.74, 6) is -0.0881. The second-order valence-electron chi connectivity index (χ2n) is 7.75. The fourth-order valence-corrected chi connectivity index (χ4v) is 5.48. The van der Waals surface area contributed by atoms with Crippen molar-refractivity contribution in [3.05, 3.63) is 93.4 Å². The highest BCUT2D eigenvalue weighted by molar-refractivity contribution is 7.99. The fourth-order valence-electron chi connectivity index (χ4n) is 3.53. The van der Waals surface area contributed by atoms with Crippen molar-refractivity contribution in [1.29, 1.82) is 0 Å². The van der Waals surface area contributed by atoms with Crippen LogP contribution in [0.15, 0.2) is 76.8 Å². The minimum Gasteiger partial charge on any atom is -0.325 e. The SMILES string of the molecule is Cc1ccc(Cn2c(SCC(=O)Nc3ccc(Cl)cc3)nc3c(sc4ncccc43)c2=O)cc1. The standard InChI is InChI=1S/C25H19ClN4O2S2/c1-15-4-6-16(7-5-15)13-30-24(32)22-21(19-3-2-12-27-23(19)34-22)29-25(30)33-14-20(31)28-18-10-8-17(26)9-11-18/h2-12H,13-14H2,1H3,(H,28,31). The molecule has 9 heteroatoms. The maximum Gasteiger partial charge on any atom is 0.272 e. The first kappa shape index (κ1) is 22.6. The molecule has 6 nitrogen and oxygen atoms in total. The molecule has 0 aliphatic carbocycles. The first-order valence-corrected chi connectivity index (χ1v) is 12.7. The number of anilines is 1. The molecule has 0 aliphatic rings. The summed E-state index contributed by atoms with van der Waals surface area (Å²) in [4.78, 5) is 36.1. The molecule has 0 spiro atoms. The van der Waals surface area contributed by atoms with Crippen LogP contribution in [0.3, 0.4) is 0 Å². The van der Waals surface area contributed by atoms with Gasteiger partial charge in [0.25, 0.3) is 5.56 Å². The van der Waals surface area contributed by atoms with Gasteiger partial charge in [-0.15, -0.1) is 11.3 Å². The van der Waals surface area contributed by atoms with Crippen LogP contribution in [-0.4, -0.2) is 26.2 Å². The van der Waals surface area contributed by atoms with Gasteiger partial charge in [-0.25, -0.2) is 9.97 Å². The molecule has 2 aromatic carbocycles. The van der Waals surface area contributed by atoms with E-state index in [1.807, 2.05) is 43.3 Å². The Morgan fingerprint density at radius 1 is 1.12 bits per heavy atom. The number of rotatable bonds is 6. The molecule has 0 bridgehead atoms. The third-order valence-electron chi connectivity index (χ3n) is 5.24. The Bertz CT molecular complexity index is 1560. The monoisotopic (exact) mass is 506 g/mol. The average Bonchev–Trinajstić information content (AvgIpc) is 3.21. The number of benzene rings is 2. The lowest BCUT2D eigenvalue weighted by Crippen LogP contribution is -2.24. The number of nitrogens with one attached hydrogen (secondary N) is 1. The molecule has 170 valence electrons. The molecule has 3 heterocycles. The van der Waals surface area contributed by atoms with Crippen molar-refractivity contribution in [2.75, 3.05) is 11.1 Å². The number of pyridine rings is 1. The second kappa shape index (κ2) is 9.58. The van der Waals surface area contributed by atoms with Gasteiger partial charge in [-0.05, 0) is 48.9 Å². The maximum absolute atomic E-state index is 13.5. The van der Waals surface area contributed by atoms with Crippen LogP contribution in [-0.2, 0) is 11.3 Å². The molecular formula is C25H19ClN4O2S2. The molecule has 1 amide bonds. The Morgan fingerprint density at radius 3 is 2.65 bits per heavy atom. The van der Waals surface area contributed by atoms with E-state index in [1.165, 1.54) is 23.1 Å². The van der Waals surface area contributed by atoms with E-state index < -0.39 is 0 Å². The van der Waals surface area contributed by atoms with Gasteiger partial charge in [0.1, 0.15) is 9.53 Å². The number of nitrogens with zero attached hydrogens (tertiary/aromatic N) is 3. The number of hydrogen-bond acceptors (Lipinski definition) is 6. The van der Waals surface area contributed by atoms with Gasteiger partial charge < -0.3 is 5.32 Å². The van der Waals surface area contributed by atoms with Crippen LogP contribution in [0, 0.1) is 6.92 Å². The lowest BCUT2D eigenvalue weighted by atomic mass is 10.1. The van der Waals surface area contributed by atoms with Crippen molar-refractivity contribution in [2.45, 2.75) is 18.6 Å². The van der Waals surface area contributed by atoms with E-state index in [2.05, 4.69) is 10.3 Å². The summed E-state index contributed by atoms with van der Waals surface area (Å²) in [6.45, 7) is 2.39.